The molecule has 2 aromatic carbocycles. The number of hydrogen-bond acceptors (Lipinski definition) is 3. The zero-order valence-corrected chi connectivity index (χ0v) is 14.6. The summed E-state index contributed by atoms with van der Waals surface area (Å²) in [5.74, 6) is 0.470. The van der Waals surface area contributed by atoms with Gasteiger partial charge in [-0.15, -0.1) is 0 Å². The van der Waals surface area contributed by atoms with Crippen LogP contribution in [0.15, 0.2) is 54.6 Å². The van der Waals surface area contributed by atoms with Crippen LogP contribution in [0, 0.1) is 0 Å². The normalized spacial score (nSPS) is 17.9. The number of hydrogen-bond donors (Lipinski definition) is 2. The minimum absolute atomic E-state index is 0.194. The van der Waals surface area contributed by atoms with E-state index in [1.54, 1.807) is 24.0 Å². The lowest BCUT2D eigenvalue weighted by molar-refractivity contribution is -0.150. The zero-order valence-electron chi connectivity index (χ0n) is 14.6. The Morgan fingerprint density at radius 2 is 1.68 bits per heavy atom. The first kappa shape index (κ1) is 17.5. The van der Waals surface area contributed by atoms with Gasteiger partial charge in [-0.05, 0) is 48.9 Å². The Morgan fingerprint density at radius 1 is 1.08 bits per heavy atom. The summed E-state index contributed by atoms with van der Waals surface area (Å²) in [4.78, 5) is 14.5. The maximum Gasteiger partial charge on any atom is 0.254 e. The quantitative estimate of drug-likeness (QED) is 0.900. The molecule has 0 radical (unpaired) electrons. The second kappa shape index (κ2) is 7.28. The van der Waals surface area contributed by atoms with E-state index in [4.69, 9.17) is 0 Å². The highest BCUT2D eigenvalue weighted by atomic mass is 16.3. The summed E-state index contributed by atoms with van der Waals surface area (Å²) < 4.78 is 0. The van der Waals surface area contributed by atoms with E-state index in [9.17, 15) is 15.0 Å². The van der Waals surface area contributed by atoms with Crippen molar-refractivity contribution in [3.8, 4) is 5.75 Å². The van der Waals surface area contributed by atoms with Crippen molar-refractivity contribution < 1.29 is 15.0 Å². The van der Waals surface area contributed by atoms with Gasteiger partial charge >= 0.3 is 0 Å². The van der Waals surface area contributed by atoms with Crippen molar-refractivity contribution in [1.82, 2.24) is 4.90 Å². The Balaban J connectivity index is 1.60. The second-order valence-electron chi connectivity index (χ2n) is 7.09. The Morgan fingerprint density at radius 3 is 2.28 bits per heavy atom. The topological polar surface area (TPSA) is 60.8 Å². The number of piperidine rings is 1. The van der Waals surface area contributed by atoms with E-state index in [0.29, 0.717) is 25.4 Å². The molecule has 1 saturated heterocycles. The standard InChI is InChI=1S/C21H25NO3/c1-21(25,15-16-5-3-2-4-6-16)20(24)22-13-11-18(12-14-22)17-7-9-19(23)10-8-17/h2-10,18,23,25H,11-15H2,1H3/t21-/m0/s1. The van der Waals surface area contributed by atoms with E-state index in [1.165, 1.54) is 5.56 Å². The first-order valence-electron chi connectivity index (χ1n) is 8.80. The molecule has 1 heterocycles. The molecule has 1 amide bonds. The molecule has 4 heteroatoms. The molecule has 0 aromatic heterocycles. The summed E-state index contributed by atoms with van der Waals surface area (Å²) in [5.41, 5.74) is 0.771. The van der Waals surface area contributed by atoms with Crippen molar-refractivity contribution in [2.75, 3.05) is 13.1 Å². The van der Waals surface area contributed by atoms with E-state index < -0.39 is 5.60 Å². The monoisotopic (exact) mass is 339 g/mol. The number of phenolic OH excluding ortho intramolecular Hbond substituents is 1. The van der Waals surface area contributed by atoms with Gasteiger partial charge in [0.25, 0.3) is 5.91 Å². The van der Waals surface area contributed by atoms with Gasteiger partial charge in [0.1, 0.15) is 11.4 Å². The first-order valence-corrected chi connectivity index (χ1v) is 8.80. The van der Waals surface area contributed by atoms with Crippen molar-refractivity contribution in [3.05, 3.63) is 65.7 Å². The molecule has 132 valence electrons. The van der Waals surface area contributed by atoms with Crippen LogP contribution < -0.4 is 0 Å². The van der Waals surface area contributed by atoms with Crippen molar-refractivity contribution in [3.63, 3.8) is 0 Å². The predicted molar refractivity (Wildman–Crippen MR) is 97.4 cm³/mol. The van der Waals surface area contributed by atoms with Gasteiger partial charge in [-0.3, -0.25) is 4.79 Å². The number of nitrogens with zero attached hydrogens (tertiary/aromatic N) is 1. The van der Waals surface area contributed by atoms with E-state index in [0.717, 1.165) is 18.4 Å². The van der Waals surface area contributed by atoms with Crippen molar-refractivity contribution in [1.29, 1.82) is 0 Å². The van der Waals surface area contributed by atoms with E-state index >= 15 is 0 Å². The average molecular weight is 339 g/mol. The summed E-state index contributed by atoms with van der Waals surface area (Å²) in [6, 6.07) is 16.9. The Labute approximate surface area is 148 Å². The molecule has 0 unspecified atom stereocenters. The number of carbonyl (C=O) groups excluding carboxylic acids is 1. The number of phenols is 1. The van der Waals surface area contributed by atoms with Gasteiger partial charge in [-0.25, -0.2) is 0 Å². The van der Waals surface area contributed by atoms with Crippen molar-refractivity contribution >= 4 is 5.91 Å². The predicted octanol–water partition coefficient (Wildman–Crippen LogP) is 3.09. The van der Waals surface area contributed by atoms with E-state index in [2.05, 4.69) is 0 Å². The van der Waals surface area contributed by atoms with Crippen LogP contribution in [-0.4, -0.2) is 39.7 Å². The minimum atomic E-state index is -1.38. The molecule has 2 N–H and O–H groups in total. The molecule has 1 aliphatic rings. The van der Waals surface area contributed by atoms with Gasteiger partial charge in [0.2, 0.25) is 0 Å². The molecule has 1 atom stereocenters. The Kier molecular flexibility index (Phi) is 5.09. The molecule has 3 rings (SSSR count). The molecule has 0 bridgehead atoms. The van der Waals surface area contributed by atoms with Crippen molar-refractivity contribution in [2.45, 2.75) is 37.7 Å². The number of likely N-dealkylation sites (tertiary alicyclic amines) is 1. The third kappa shape index (κ3) is 4.20. The molecular weight excluding hydrogens is 314 g/mol. The van der Waals surface area contributed by atoms with Crippen LogP contribution in [0.1, 0.15) is 36.8 Å². The molecule has 25 heavy (non-hydrogen) atoms. The largest absolute Gasteiger partial charge is 0.508 e. The molecule has 0 saturated carbocycles. The summed E-state index contributed by atoms with van der Waals surface area (Å²) in [5, 5.41) is 20.1. The highest BCUT2D eigenvalue weighted by Gasteiger charge is 2.36. The van der Waals surface area contributed by atoms with Crippen LogP contribution >= 0.6 is 0 Å². The number of benzene rings is 2. The fourth-order valence-electron chi connectivity index (χ4n) is 3.57. The summed E-state index contributed by atoms with van der Waals surface area (Å²) in [6.45, 7) is 2.90. The molecule has 0 spiro atoms. The molecule has 2 aromatic rings. The minimum Gasteiger partial charge on any atom is -0.508 e. The second-order valence-corrected chi connectivity index (χ2v) is 7.09. The maximum atomic E-state index is 12.8. The molecular formula is C21H25NO3. The summed E-state index contributed by atoms with van der Waals surface area (Å²) in [7, 11) is 0. The van der Waals surface area contributed by atoms with Crippen LogP contribution in [0.4, 0.5) is 0 Å². The highest BCUT2D eigenvalue weighted by molar-refractivity contribution is 5.85. The van der Waals surface area contributed by atoms with Crippen LogP contribution in [0.5, 0.6) is 5.75 Å². The highest BCUT2D eigenvalue weighted by Crippen LogP contribution is 2.30. The van der Waals surface area contributed by atoms with Gasteiger partial charge in [-0.1, -0.05) is 42.5 Å². The molecule has 1 aliphatic heterocycles. The lowest BCUT2D eigenvalue weighted by Crippen LogP contribution is -2.50. The van der Waals surface area contributed by atoms with Crippen LogP contribution in [-0.2, 0) is 11.2 Å². The molecule has 0 aliphatic carbocycles. The Hall–Kier alpha value is -2.33. The smallest absolute Gasteiger partial charge is 0.254 e. The number of carbonyl (C=O) groups is 1. The van der Waals surface area contributed by atoms with E-state index in [-0.39, 0.29) is 11.7 Å². The number of aliphatic hydroxyl groups is 1. The van der Waals surface area contributed by atoms with Gasteiger partial charge in [-0.2, -0.15) is 0 Å². The lowest BCUT2D eigenvalue weighted by atomic mass is 9.88. The van der Waals surface area contributed by atoms with E-state index in [1.807, 2.05) is 42.5 Å². The van der Waals surface area contributed by atoms with Gasteiger partial charge in [0.05, 0.1) is 0 Å². The number of rotatable bonds is 4. The summed E-state index contributed by atoms with van der Waals surface area (Å²) in [6.07, 6.45) is 2.07. The van der Waals surface area contributed by atoms with Crippen LogP contribution in [0.3, 0.4) is 0 Å². The third-order valence-corrected chi connectivity index (χ3v) is 5.00. The fourth-order valence-corrected chi connectivity index (χ4v) is 3.57. The molecule has 4 nitrogen and oxygen atoms in total. The van der Waals surface area contributed by atoms with Gasteiger partial charge in [0.15, 0.2) is 0 Å². The van der Waals surface area contributed by atoms with Gasteiger partial charge < -0.3 is 15.1 Å². The first-order chi connectivity index (χ1) is 12.0. The fraction of sp³-hybridized carbons (Fsp3) is 0.381. The third-order valence-electron chi connectivity index (χ3n) is 5.00. The SMILES string of the molecule is C[C@](O)(Cc1ccccc1)C(=O)N1CCC(c2ccc(O)cc2)CC1. The lowest BCUT2D eigenvalue weighted by Gasteiger charge is -2.36. The van der Waals surface area contributed by atoms with Crippen LogP contribution in [0.25, 0.3) is 0 Å². The van der Waals surface area contributed by atoms with Gasteiger partial charge in [0, 0.05) is 19.5 Å². The average Bonchev–Trinajstić information content (AvgIpc) is 2.62. The van der Waals surface area contributed by atoms with Crippen molar-refractivity contribution in [2.24, 2.45) is 0 Å². The maximum absolute atomic E-state index is 12.8. The number of amides is 1. The molecule has 1 fully saturated rings. The number of aromatic hydroxyl groups is 1. The zero-order chi connectivity index (χ0) is 17.9. The summed E-state index contributed by atoms with van der Waals surface area (Å²) >= 11 is 0. The Bertz CT molecular complexity index is 702. The van der Waals surface area contributed by atoms with Crippen LogP contribution in [0.2, 0.25) is 0 Å².